The van der Waals surface area contributed by atoms with Gasteiger partial charge < -0.3 is 9.47 Å². The number of nitrogens with zero attached hydrogens (tertiary/aromatic N) is 2. The number of amides is 2. The number of ether oxygens (including phenoxy) is 2. The summed E-state index contributed by atoms with van der Waals surface area (Å²) in [5, 5.41) is 1.13. The Bertz CT molecular complexity index is 439. The van der Waals surface area contributed by atoms with Gasteiger partial charge in [0.25, 0.3) is 5.91 Å². The molecule has 0 aliphatic carbocycles. The lowest BCUT2D eigenvalue weighted by Gasteiger charge is -2.29. The lowest BCUT2D eigenvalue weighted by Crippen LogP contribution is -2.47. The third-order valence-corrected chi connectivity index (χ3v) is 3.28. The second-order valence-corrected chi connectivity index (χ2v) is 7.75. The van der Waals surface area contributed by atoms with Crippen LogP contribution in [0.3, 0.4) is 0 Å². The Morgan fingerprint density at radius 2 is 1.65 bits per heavy atom. The van der Waals surface area contributed by atoms with Crippen LogP contribution in [-0.4, -0.2) is 66.0 Å². The molecule has 1 aliphatic rings. The molecule has 134 valence electrons. The van der Waals surface area contributed by atoms with E-state index < -0.39 is 17.7 Å². The van der Waals surface area contributed by atoms with Crippen molar-refractivity contribution in [1.29, 1.82) is 0 Å². The van der Waals surface area contributed by atoms with E-state index in [9.17, 15) is 9.59 Å². The highest BCUT2D eigenvalue weighted by Crippen LogP contribution is 2.27. The molecular formula is C16H30N2O5. The quantitative estimate of drug-likeness (QED) is 0.742. The Balaban J connectivity index is 2.92. The van der Waals surface area contributed by atoms with Crippen LogP contribution in [-0.2, 0) is 19.1 Å². The smallest absolute Gasteiger partial charge is 0.411 e. The molecule has 1 heterocycles. The zero-order chi connectivity index (χ0) is 18.0. The lowest BCUT2D eigenvalue weighted by molar-refractivity contribution is -0.173. The number of carbonyl (C=O) groups is 2. The van der Waals surface area contributed by atoms with E-state index in [1.165, 1.54) is 19.1 Å². The molecule has 0 spiro atoms. The van der Waals surface area contributed by atoms with Crippen molar-refractivity contribution in [3.05, 3.63) is 0 Å². The predicted octanol–water partition coefficient (Wildman–Crippen LogP) is 2.20. The molecule has 7 nitrogen and oxygen atoms in total. The number of hydrogen-bond donors (Lipinski definition) is 0. The molecule has 1 saturated heterocycles. The Labute approximate surface area is 138 Å². The summed E-state index contributed by atoms with van der Waals surface area (Å²) in [6.07, 6.45) is -0.314. The van der Waals surface area contributed by atoms with Crippen molar-refractivity contribution in [2.75, 3.05) is 20.7 Å². The molecule has 23 heavy (non-hydrogen) atoms. The molecule has 0 bridgehead atoms. The SMILES string of the molecule is CON(C)C(=O)[C@H]1C[C@@H](OC(C)(C)C)CN1C(=O)OC(C)(C)C. The zero-order valence-corrected chi connectivity index (χ0v) is 15.5. The Morgan fingerprint density at radius 1 is 1.09 bits per heavy atom. The van der Waals surface area contributed by atoms with Crippen LogP contribution in [0.4, 0.5) is 4.79 Å². The first-order valence-corrected chi connectivity index (χ1v) is 7.83. The van der Waals surface area contributed by atoms with Crippen LogP contribution in [0.1, 0.15) is 48.0 Å². The van der Waals surface area contributed by atoms with Crippen LogP contribution in [0.5, 0.6) is 0 Å². The van der Waals surface area contributed by atoms with Gasteiger partial charge in [0.15, 0.2) is 0 Å². The fraction of sp³-hybridized carbons (Fsp3) is 0.875. The van der Waals surface area contributed by atoms with Crippen LogP contribution >= 0.6 is 0 Å². The summed E-state index contributed by atoms with van der Waals surface area (Å²) >= 11 is 0. The molecule has 0 unspecified atom stereocenters. The van der Waals surface area contributed by atoms with Gasteiger partial charge in [-0.25, -0.2) is 9.86 Å². The van der Waals surface area contributed by atoms with E-state index >= 15 is 0 Å². The van der Waals surface area contributed by atoms with Crippen LogP contribution < -0.4 is 0 Å². The van der Waals surface area contributed by atoms with Crippen molar-refractivity contribution in [2.24, 2.45) is 0 Å². The topological polar surface area (TPSA) is 68.3 Å². The van der Waals surface area contributed by atoms with Gasteiger partial charge in [-0.15, -0.1) is 0 Å². The van der Waals surface area contributed by atoms with Crippen molar-refractivity contribution >= 4 is 12.0 Å². The van der Waals surface area contributed by atoms with E-state index in [0.29, 0.717) is 13.0 Å². The van der Waals surface area contributed by atoms with Crippen molar-refractivity contribution in [3.63, 3.8) is 0 Å². The number of likely N-dealkylation sites (N-methyl/N-ethyl adjacent to an activating group) is 1. The van der Waals surface area contributed by atoms with E-state index in [4.69, 9.17) is 14.3 Å². The number of hydrogen-bond acceptors (Lipinski definition) is 5. The first-order valence-electron chi connectivity index (χ1n) is 7.83. The monoisotopic (exact) mass is 330 g/mol. The lowest BCUT2D eigenvalue weighted by atomic mass is 10.1. The fourth-order valence-corrected chi connectivity index (χ4v) is 2.44. The third-order valence-electron chi connectivity index (χ3n) is 3.28. The molecule has 0 aromatic carbocycles. The highest BCUT2D eigenvalue weighted by molar-refractivity contribution is 5.85. The van der Waals surface area contributed by atoms with E-state index in [1.807, 2.05) is 20.8 Å². The molecule has 0 N–H and O–H groups in total. The minimum Gasteiger partial charge on any atom is -0.444 e. The average molecular weight is 330 g/mol. The summed E-state index contributed by atoms with van der Waals surface area (Å²) in [6, 6.07) is -0.651. The maximum Gasteiger partial charge on any atom is 0.411 e. The minimum atomic E-state index is -0.651. The molecule has 0 saturated carbocycles. The van der Waals surface area contributed by atoms with Gasteiger partial charge in [-0.05, 0) is 41.5 Å². The molecule has 0 radical (unpaired) electrons. The first kappa shape index (κ1) is 19.7. The first-order chi connectivity index (χ1) is 10.3. The number of rotatable bonds is 3. The zero-order valence-electron chi connectivity index (χ0n) is 15.5. The number of likely N-dealkylation sites (tertiary alicyclic amines) is 1. The number of carbonyl (C=O) groups excluding carboxylic acids is 2. The van der Waals surface area contributed by atoms with Crippen molar-refractivity contribution < 1.29 is 23.9 Å². The van der Waals surface area contributed by atoms with E-state index in [1.54, 1.807) is 20.8 Å². The summed E-state index contributed by atoms with van der Waals surface area (Å²) in [5.41, 5.74) is -0.976. The van der Waals surface area contributed by atoms with Gasteiger partial charge in [-0.2, -0.15) is 0 Å². The molecule has 1 rings (SSSR count). The molecule has 2 atom stereocenters. The number of hydroxylamine groups is 2. The van der Waals surface area contributed by atoms with Crippen LogP contribution in [0.2, 0.25) is 0 Å². The largest absolute Gasteiger partial charge is 0.444 e. The second kappa shape index (κ2) is 7.05. The molecule has 1 fully saturated rings. The van der Waals surface area contributed by atoms with Crippen molar-refractivity contribution in [1.82, 2.24) is 9.96 Å². The van der Waals surface area contributed by atoms with Gasteiger partial charge >= 0.3 is 6.09 Å². The van der Waals surface area contributed by atoms with E-state index in [2.05, 4.69) is 0 Å². The molecular weight excluding hydrogens is 300 g/mol. The van der Waals surface area contributed by atoms with Gasteiger partial charge in [0.2, 0.25) is 0 Å². The second-order valence-electron chi connectivity index (χ2n) is 7.75. The van der Waals surface area contributed by atoms with Gasteiger partial charge in [0.1, 0.15) is 11.6 Å². The van der Waals surface area contributed by atoms with Crippen molar-refractivity contribution in [2.45, 2.75) is 71.3 Å². The summed E-state index contributed by atoms with van der Waals surface area (Å²) < 4.78 is 11.4. The Morgan fingerprint density at radius 3 is 2.09 bits per heavy atom. The fourth-order valence-electron chi connectivity index (χ4n) is 2.44. The van der Waals surface area contributed by atoms with Crippen LogP contribution in [0.15, 0.2) is 0 Å². The Hall–Kier alpha value is -1.34. The predicted molar refractivity (Wildman–Crippen MR) is 85.8 cm³/mol. The van der Waals surface area contributed by atoms with Gasteiger partial charge in [-0.1, -0.05) is 0 Å². The molecule has 2 amide bonds. The molecule has 0 aromatic rings. The maximum absolute atomic E-state index is 12.5. The molecule has 0 aromatic heterocycles. The molecule has 1 aliphatic heterocycles. The van der Waals surface area contributed by atoms with Crippen LogP contribution in [0.25, 0.3) is 0 Å². The standard InChI is InChI=1S/C16H30N2O5/c1-15(2,3)22-11-9-12(13(19)17(7)21-8)18(10-11)14(20)23-16(4,5)6/h11-12H,9-10H2,1-8H3/t11-,12-/m1/s1. The van der Waals surface area contributed by atoms with E-state index in [0.717, 1.165) is 5.06 Å². The summed E-state index contributed by atoms with van der Waals surface area (Å²) in [6.45, 7) is 11.5. The summed E-state index contributed by atoms with van der Waals surface area (Å²) in [7, 11) is 2.93. The Kier molecular flexibility index (Phi) is 6.04. The van der Waals surface area contributed by atoms with Crippen molar-refractivity contribution in [3.8, 4) is 0 Å². The molecule has 7 heteroatoms. The van der Waals surface area contributed by atoms with Gasteiger partial charge in [0, 0.05) is 13.5 Å². The average Bonchev–Trinajstić information content (AvgIpc) is 2.76. The van der Waals surface area contributed by atoms with Crippen LogP contribution in [0, 0.1) is 0 Å². The van der Waals surface area contributed by atoms with Gasteiger partial charge in [0.05, 0.1) is 25.4 Å². The summed E-state index contributed by atoms with van der Waals surface area (Å²) in [5.74, 6) is -0.293. The van der Waals surface area contributed by atoms with Gasteiger partial charge in [-0.3, -0.25) is 14.5 Å². The minimum absolute atomic E-state index is 0.221. The highest BCUT2D eigenvalue weighted by Gasteiger charge is 2.44. The highest BCUT2D eigenvalue weighted by atomic mass is 16.7. The summed E-state index contributed by atoms with van der Waals surface area (Å²) in [4.78, 5) is 31.3. The maximum atomic E-state index is 12.5. The third kappa shape index (κ3) is 5.99. The normalized spacial score (nSPS) is 22.2. The van der Waals surface area contributed by atoms with E-state index in [-0.39, 0.29) is 17.6 Å².